The molecule has 0 aliphatic carbocycles. The second-order valence-corrected chi connectivity index (χ2v) is 6.20. The molecule has 0 spiro atoms. The molecule has 0 N–H and O–H groups in total. The first kappa shape index (κ1) is 13.0. The van der Waals surface area contributed by atoms with E-state index >= 15 is 0 Å². The van der Waals surface area contributed by atoms with Crippen LogP contribution in [0.4, 0.5) is 0 Å². The number of aromatic nitrogens is 2. The van der Waals surface area contributed by atoms with Gasteiger partial charge in [0.1, 0.15) is 11.9 Å². The third kappa shape index (κ3) is 1.62. The molecule has 108 valence electrons. The first-order valence-corrected chi connectivity index (χ1v) is 7.37. The number of carbonyl (C=O) groups is 1. The van der Waals surface area contributed by atoms with Crippen LogP contribution in [0.15, 0.2) is 54.7 Å². The van der Waals surface area contributed by atoms with Gasteiger partial charge in [-0.25, -0.2) is 4.98 Å². The Morgan fingerprint density at radius 1 is 0.955 bits per heavy atom. The molecular formula is C19H16N2O. The van der Waals surface area contributed by atoms with Crippen LogP contribution in [0.25, 0.3) is 27.3 Å². The molecule has 2 aromatic heterocycles. The minimum atomic E-state index is -0.579. The molecule has 0 saturated carbocycles. The topological polar surface area (TPSA) is 34.4 Å². The molecule has 0 fully saturated rings. The summed E-state index contributed by atoms with van der Waals surface area (Å²) in [6.07, 6.45) is 2.81. The lowest BCUT2D eigenvalue weighted by molar-refractivity contribution is -0.111. The molecule has 0 radical (unpaired) electrons. The lowest BCUT2D eigenvalue weighted by Gasteiger charge is -2.18. The summed E-state index contributed by atoms with van der Waals surface area (Å²) in [6.45, 7) is 3.85. The molecule has 2 aromatic carbocycles. The Labute approximate surface area is 128 Å². The van der Waals surface area contributed by atoms with E-state index in [1.807, 2.05) is 44.3 Å². The molecule has 0 aliphatic heterocycles. The van der Waals surface area contributed by atoms with Gasteiger partial charge < -0.3 is 4.79 Å². The number of imidazole rings is 1. The second-order valence-electron chi connectivity index (χ2n) is 6.20. The van der Waals surface area contributed by atoms with Crippen LogP contribution in [0, 0.1) is 0 Å². The highest BCUT2D eigenvalue weighted by molar-refractivity contribution is 6.11. The predicted octanol–water partition coefficient (Wildman–Crippen LogP) is 4.12. The van der Waals surface area contributed by atoms with Crippen LogP contribution in [0.2, 0.25) is 0 Å². The molecule has 4 rings (SSSR count). The minimum Gasteiger partial charge on any atom is -0.302 e. The third-order valence-corrected chi connectivity index (χ3v) is 4.32. The van der Waals surface area contributed by atoms with Crippen LogP contribution in [-0.2, 0) is 10.2 Å². The van der Waals surface area contributed by atoms with E-state index in [0.29, 0.717) is 0 Å². The normalized spacial score (nSPS) is 12.3. The highest BCUT2D eigenvalue weighted by Gasteiger charge is 2.25. The van der Waals surface area contributed by atoms with Gasteiger partial charge in [-0.3, -0.25) is 4.40 Å². The van der Waals surface area contributed by atoms with Crippen molar-refractivity contribution in [2.45, 2.75) is 19.3 Å². The average molecular weight is 288 g/mol. The summed E-state index contributed by atoms with van der Waals surface area (Å²) in [5, 5.41) is 3.47. The Balaban J connectivity index is 2.33. The van der Waals surface area contributed by atoms with E-state index in [4.69, 9.17) is 0 Å². The van der Waals surface area contributed by atoms with Gasteiger partial charge >= 0.3 is 0 Å². The molecule has 0 amide bonds. The van der Waals surface area contributed by atoms with Crippen LogP contribution in [0.5, 0.6) is 0 Å². The molecule has 22 heavy (non-hydrogen) atoms. The number of para-hydroxylation sites is 1. The lowest BCUT2D eigenvalue weighted by Crippen LogP contribution is -2.21. The van der Waals surface area contributed by atoms with Crippen molar-refractivity contribution in [2.24, 2.45) is 0 Å². The van der Waals surface area contributed by atoms with Crippen molar-refractivity contribution in [3.05, 3.63) is 60.4 Å². The number of rotatable bonds is 2. The van der Waals surface area contributed by atoms with E-state index in [9.17, 15) is 4.79 Å². The Morgan fingerprint density at radius 2 is 1.59 bits per heavy atom. The molecule has 4 aromatic rings. The van der Waals surface area contributed by atoms with Crippen molar-refractivity contribution in [3.8, 4) is 0 Å². The molecule has 0 aliphatic rings. The van der Waals surface area contributed by atoms with Crippen LogP contribution in [0.1, 0.15) is 19.5 Å². The van der Waals surface area contributed by atoms with Crippen LogP contribution < -0.4 is 0 Å². The summed E-state index contributed by atoms with van der Waals surface area (Å²) in [5.41, 5.74) is 2.32. The van der Waals surface area contributed by atoms with Crippen molar-refractivity contribution in [1.29, 1.82) is 0 Å². The summed E-state index contributed by atoms with van der Waals surface area (Å²) in [4.78, 5) is 16.1. The zero-order valence-electron chi connectivity index (χ0n) is 12.6. The van der Waals surface area contributed by atoms with Gasteiger partial charge in [0.2, 0.25) is 0 Å². The number of carbonyl (C=O) groups excluding carboxylic acids is 1. The highest BCUT2D eigenvalue weighted by atomic mass is 16.1. The third-order valence-electron chi connectivity index (χ3n) is 4.32. The van der Waals surface area contributed by atoms with Crippen molar-refractivity contribution in [3.63, 3.8) is 0 Å². The fourth-order valence-electron chi connectivity index (χ4n) is 3.11. The molecule has 0 bridgehead atoms. The van der Waals surface area contributed by atoms with Crippen LogP contribution in [-0.4, -0.2) is 15.7 Å². The predicted molar refractivity (Wildman–Crippen MR) is 89.3 cm³/mol. The lowest BCUT2D eigenvalue weighted by atomic mass is 9.91. The van der Waals surface area contributed by atoms with E-state index in [1.54, 1.807) is 0 Å². The van der Waals surface area contributed by atoms with Gasteiger partial charge in [-0.1, -0.05) is 42.5 Å². The highest BCUT2D eigenvalue weighted by Crippen LogP contribution is 2.32. The van der Waals surface area contributed by atoms with Gasteiger partial charge in [-0.05, 0) is 25.3 Å². The summed E-state index contributed by atoms with van der Waals surface area (Å²) in [6, 6.07) is 16.5. The number of benzene rings is 2. The number of nitrogens with zero attached hydrogens (tertiary/aromatic N) is 2. The maximum Gasteiger partial charge on any atom is 0.145 e. The zero-order chi connectivity index (χ0) is 15.3. The smallest absolute Gasteiger partial charge is 0.145 e. The summed E-state index contributed by atoms with van der Waals surface area (Å²) >= 11 is 0. The van der Waals surface area contributed by atoms with Gasteiger partial charge in [-0.15, -0.1) is 0 Å². The Hall–Kier alpha value is -2.68. The summed E-state index contributed by atoms with van der Waals surface area (Å²) in [5.74, 6) is 0. The maximum absolute atomic E-state index is 11.5. The molecule has 3 nitrogen and oxygen atoms in total. The Bertz CT molecular complexity index is 1030. The number of aldehydes is 1. The van der Waals surface area contributed by atoms with E-state index in [1.165, 1.54) is 10.8 Å². The quantitative estimate of drug-likeness (QED) is 0.411. The molecule has 2 heterocycles. The Morgan fingerprint density at radius 3 is 2.32 bits per heavy atom. The molecule has 0 atom stereocenters. The van der Waals surface area contributed by atoms with Gasteiger partial charge in [-0.2, -0.15) is 0 Å². The van der Waals surface area contributed by atoms with Gasteiger partial charge in [0.15, 0.2) is 0 Å². The SMILES string of the molecule is CC(C)(C=O)c1cnc2c3ccccc3c3ccccc3n12. The first-order valence-electron chi connectivity index (χ1n) is 7.37. The maximum atomic E-state index is 11.5. The number of hydrogen-bond acceptors (Lipinski definition) is 2. The Kier molecular flexibility index (Phi) is 2.61. The fourth-order valence-corrected chi connectivity index (χ4v) is 3.11. The number of fused-ring (bicyclic) bond motifs is 6. The van der Waals surface area contributed by atoms with Gasteiger partial charge in [0.05, 0.1) is 22.8 Å². The van der Waals surface area contributed by atoms with Gasteiger partial charge in [0, 0.05) is 10.8 Å². The fraction of sp³-hybridized carbons (Fsp3) is 0.158. The van der Waals surface area contributed by atoms with Crippen molar-refractivity contribution >= 4 is 33.6 Å². The van der Waals surface area contributed by atoms with E-state index < -0.39 is 5.41 Å². The molecule has 3 heteroatoms. The minimum absolute atomic E-state index is 0.579. The van der Waals surface area contributed by atoms with E-state index in [2.05, 4.69) is 33.7 Å². The first-order chi connectivity index (χ1) is 10.6. The monoisotopic (exact) mass is 288 g/mol. The van der Waals surface area contributed by atoms with Crippen LogP contribution >= 0.6 is 0 Å². The number of pyridine rings is 1. The van der Waals surface area contributed by atoms with Gasteiger partial charge in [0.25, 0.3) is 0 Å². The second kappa shape index (κ2) is 4.41. The average Bonchev–Trinajstić information content (AvgIpc) is 3.01. The molecule has 0 saturated heterocycles. The van der Waals surface area contributed by atoms with Crippen molar-refractivity contribution in [2.75, 3.05) is 0 Å². The van der Waals surface area contributed by atoms with Crippen molar-refractivity contribution in [1.82, 2.24) is 9.38 Å². The summed E-state index contributed by atoms with van der Waals surface area (Å²) in [7, 11) is 0. The van der Waals surface area contributed by atoms with Crippen molar-refractivity contribution < 1.29 is 4.79 Å². The standard InChI is InChI=1S/C19H16N2O/c1-19(2,12-22)17-11-20-18-15-9-4-3-7-13(15)14-8-5-6-10-16(14)21(17)18/h3-12H,1-2H3. The zero-order valence-corrected chi connectivity index (χ0v) is 12.6. The largest absolute Gasteiger partial charge is 0.302 e. The molecule has 0 unspecified atom stereocenters. The summed E-state index contributed by atoms with van der Waals surface area (Å²) < 4.78 is 2.12. The van der Waals surface area contributed by atoms with Crippen LogP contribution in [0.3, 0.4) is 0 Å². The molecular weight excluding hydrogens is 272 g/mol. The number of hydrogen-bond donors (Lipinski definition) is 0. The van der Waals surface area contributed by atoms with E-state index in [-0.39, 0.29) is 0 Å². The van der Waals surface area contributed by atoms with E-state index in [0.717, 1.165) is 28.5 Å².